The van der Waals surface area contributed by atoms with Crippen LogP contribution >= 0.6 is 0 Å². The van der Waals surface area contributed by atoms with Crippen molar-refractivity contribution in [2.75, 3.05) is 44.8 Å². The summed E-state index contributed by atoms with van der Waals surface area (Å²) in [6.45, 7) is 4.33. The summed E-state index contributed by atoms with van der Waals surface area (Å²) in [6, 6.07) is 18.2. The number of anilines is 1. The predicted molar refractivity (Wildman–Crippen MR) is 110 cm³/mol. The number of piperazine rings is 1. The van der Waals surface area contributed by atoms with E-state index in [9.17, 15) is 9.59 Å². The highest BCUT2D eigenvalue weighted by Gasteiger charge is 2.28. The van der Waals surface area contributed by atoms with Crippen LogP contribution in [-0.2, 0) is 14.3 Å². The topological polar surface area (TPSA) is 61.9 Å². The largest absolute Gasteiger partial charge is 0.382 e. The first-order valence-corrected chi connectivity index (χ1v) is 9.53. The smallest absolute Gasteiger partial charge is 0.247 e. The number of rotatable bonds is 6. The van der Waals surface area contributed by atoms with Crippen molar-refractivity contribution in [3.05, 3.63) is 54.6 Å². The van der Waals surface area contributed by atoms with Crippen molar-refractivity contribution in [3.63, 3.8) is 0 Å². The molecule has 1 N–H and O–H groups in total. The summed E-state index contributed by atoms with van der Waals surface area (Å²) in [5.74, 6) is -0.318. The minimum atomic E-state index is -0.629. The molecule has 148 valence electrons. The molecule has 0 aromatic heterocycles. The van der Waals surface area contributed by atoms with Gasteiger partial charge < -0.3 is 19.9 Å². The summed E-state index contributed by atoms with van der Waals surface area (Å²) in [5, 5.41) is 2.68. The molecule has 1 atom stereocenters. The third-order valence-electron chi connectivity index (χ3n) is 4.92. The average molecular weight is 381 g/mol. The first-order chi connectivity index (χ1) is 13.6. The van der Waals surface area contributed by atoms with E-state index in [-0.39, 0.29) is 18.4 Å². The van der Waals surface area contributed by atoms with Gasteiger partial charge in [-0.1, -0.05) is 42.5 Å². The first kappa shape index (κ1) is 19.9. The summed E-state index contributed by atoms with van der Waals surface area (Å²) in [6.07, 6.45) is 0. The summed E-state index contributed by atoms with van der Waals surface area (Å²) in [5.41, 5.74) is 3.53. The van der Waals surface area contributed by atoms with Crippen molar-refractivity contribution >= 4 is 17.5 Å². The summed E-state index contributed by atoms with van der Waals surface area (Å²) in [4.78, 5) is 28.2. The molecule has 2 aromatic rings. The highest BCUT2D eigenvalue weighted by atomic mass is 16.5. The molecule has 1 heterocycles. The minimum Gasteiger partial charge on any atom is -0.382 e. The minimum absolute atomic E-state index is 0.0882. The average Bonchev–Trinajstić information content (AvgIpc) is 2.73. The highest BCUT2D eigenvalue weighted by Crippen LogP contribution is 2.25. The molecule has 1 saturated heterocycles. The Bertz CT molecular complexity index is 802. The number of amides is 2. The number of benzene rings is 2. The quantitative estimate of drug-likeness (QED) is 0.833. The molecule has 0 bridgehead atoms. The Labute approximate surface area is 166 Å². The van der Waals surface area contributed by atoms with Gasteiger partial charge in [0.05, 0.1) is 6.61 Å². The van der Waals surface area contributed by atoms with Crippen LogP contribution in [0, 0.1) is 0 Å². The van der Waals surface area contributed by atoms with E-state index < -0.39 is 6.04 Å². The lowest BCUT2D eigenvalue weighted by Crippen LogP contribution is -2.56. The third kappa shape index (κ3) is 4.89. The molecule has 0 radical (unpaired) electrons. The molecule has 3 rings (SSSR count). The molecule has 0 spiro atoms. The first-order valence-electron chi connectivity index (χ1n) is 9.53. The molecule has 1 aliphatic rings. The van der Waals surface area contributed by atoms with Crippen LogP contribution in [0.3, 0.4) is 0 Å². The maximum atomic E-state index is 12.7. The van der Waals surface area contributed by atoms with Gasteiger partial charge in [-0.2, -0.15) is 0 Å². The van der Waals surface area contributed by atoms with E-state index >= 15 is 0 Å². The van der Waals surface area contributed by atoms with Crippen molar-refractivity contribution in [2.45, 2.75) is 13.0 Å². The van der Waals surface area contributed by atoms with Crippen molar-refractivity contribution in [1.82, 2.24) is 10.2 Å². The van der Waals surface area contributed by atoms with Gasteiger partial charge in [-0.05, 0) is 23.3 Å². The summed E-state index contributed by atoms with van der Waals surface area (Å²) < 4.78 is 5.09. The Morgan fingerprint density at radius 1 is 1.00 bits per heavy atom. The number of carbonyl (C=O) groups excluding carboxylic acids is 2. The van der Waals surface area contributed by atoms with E-state index in [4.69, 9.17) is 4.74 Å². The van der Waals surface area contributed by atoms with Gasteiger partial charge in [0.15, 0.2) is 0 Å². The van der Waals surface area contributed by atoms with Crippen molar-refractivity contribution < 1.29 is 14.3 Å². The number of hydrogen-bond donors (Lipinski definition) is 1. The van der Waals surface area contributed by atoms with E-state index in [1.807, 2.05) is 18.2 Å². The lowest BCUT2D eigenvalue weighted by atomic mass is 10.0. The molecule has 0 aliphatic carbocycles. The second-order valence-corrected chi connectivity index (χ2v) is 6.94. The SMILES string of the molecule is COC[C@@H](NC(C)=O)C(=O)N1CCN(c2cccc(-c3ccccc3)c2)CC1. The molecule has 0 saturated carbocycles. The number of nitrogens with zero attached hydrogens (tertiary/aromatic N) is 2. The van der Waals surface area contributed by atoms with Crippen LogP contribution in [0.4, 0.5) is 5.69 Å². The van der Waals surface area contributed by atoms with Crippen LogP contribution in [0.2, 0.25) is 0 Å². The maximum absolute atomic E-state index is 12.7. The van der Waals surface area contributed by atoms with E-state index in [0.29, 0.717) is 13.1 Å². The van der Waals surface area contributed by atoms with E-state index in [1.54, 1.807) is 4.90 Å². The van der Waals surface area contributed by atoms with Crippen LogP contribution in [-0.4, -0.2) is 62.7 Å². The molecule has 6 heteroatoms. The van der Waals surface area contributed by atoms with Crippen LogP contribution in [0.5, 0.6) is 0 Å². The number of nitrogens with one attached hydrogen (secondary N) is 1. The maximum Gasteiger partial charge on any atom is 0.247 e. The fourth-order valence-electron chi connectivity index (χ4n) is 3.50. The molecule has 6 nitrogen and oxygen atoms in total. The predicted octanol–water partition coefficient (Wildman–Crippen LogP) is 2.15. The lowest BCUT2D eigenvalue weighted by Gasteiger charge is -2.37. The van der Waals surface area contributed by atoms with Crippen LogP contribution in [0.25, 0.3) is 11.1 Å². The Morgan fingerprint density at radius 3 is 2.32 bits per heavy atom. The molecule has 28 heavy (non-hydrogen) atoms. The Morgan fingerprint density at radius 2 is 1.68 bits per heavy atom. The van der Waals surface area contributed by atoms with E-state index in [2.05, 4.69) is 46.6 Å². The fraction of sp³-hybridized carbons (Fsp3) is 0.364. The van der Waals surface area contributed by atoms with Gasteiger partial charge in [0.1, 0.15) is 6.04 Å². The van der Waals surface area contributed by atoms with Crippen LogP contribution in [0.1, 0.15) is 6.92 Å². The van der Waals surface area contributed by atoms with Crippen molar-refractivity contribution in [1.29, 1.82) is 0 Å². The molecular formula is C22H27N3O3. The van der Waals surface area contributed by atoms with Gasteiger partial charge in [-0.15, -0.1) is 0 Å². The number of ether oxygens (including phenoxy) is 1. The number of hydrogen-bond acceptors (Lipinski definition) is 4. The molecule has 1 aliphatic heterocycles. The Hall–Kier alpha value is -2.86. The summed E-state index contributed by atoms with van der Waals surface area (Å²) in [7, 11) is 1.53. The van der Waals surface area contributed by atoms with Crippen LogP contribution in [0.15, 0.2) is 54.6 Å². The number of methoxy groups -OCH3 is 1. The van der Waals surface area contributed by atoms with Gasteiger partial charge >= 0.3 is 0 Å². The normalized spacial score (nSPS) is 15.2. The molecular weight excluding hydrogens is 354 g/mol. The zero-order valence-electron chi connectivity index (χ0n) is 16.4. The fourth-order valence-corrected chi connectivity index (χ4v) is 3.50. The summed E-state index contributed by atoms with van der Waals surface area (Å²) >= 11 is 0. The van der Waals surface area contributed by atoms with Crippen molar-refractivity contribution in [3.8, 4) is 11.1 Å². The number of carbonyl (C=O) groups is 2. The van der Waals surface area contributed by atoms with Crippen molar-refractivity contribution in [2.24, 2.45) is 0 Å². The zero-order chi connectivity index (χ0) is 19.9. The monoisotopic (exact) mass is 381 g/mol. The zero-order valence-corrected chi connectivity index (χ0v) is 16.4. The lowest BCUT2D eigenvalue weighted by molar-refractivity contribution is -0.137. The second kappa shape index (κ2) is 9.37. The van der Waals surface area contributed by atoms with Gasteiger partial charge in [0.2, 0.25) is 11.8 Å². The molecule has 1 fully saturated rings. The molecule has 0 unspecified atom stereocenters. The Kier molecular flexibility index (Phi) is 6.66. The Balaban J connectivity index is 1.64. The van der Waals surface area contributed by atoms with Gasteiger partial charge in [0, 0.05) is 45.9 Å². The third-order valence-corrected chi connectivity index (χ3v) is 4.92. The second-order valence-electron chi connectivity index (χ2n) is 6.94. The van der Waals surface area contributed by atoms with Gasteiger partial charge in [-0.25, -0.2) is 0 Å². The van der Waals surface area contributed by atoms with E-state index in [1.165, 1.54) is 25.2 Å². The molecule has 2 amide bonds. The van der Waals surface area contributed by atoms with Gasteiger partial charge in [0.25, 0.3) is 0 Å². The van der Waals surface area contributed by atoms with Gasteiger partial charge in [-0.3, -0.25) is 9.59 Å². The highest BCUT2D eigenvalue weighted by molar-refractivity contribution is 5.87. The standard InChI is InChI=1S/C22H27N3O3/c1-17(26)23-21(16-28-2)22(27)25-13-11-24(12-14-25)20-10-6-9-19(15-20)18-7-4-3-5-8-18/h3-10,15,21H,11-14,16H2,1-2H3,(H,23,26)/t21-/m1/s1. The van der Waals surface area contributed by atoms with E-state index in [0.717, 1.165) is 18.8 Å². The van der Waals surface area contributed by atoms with Crippen LogP contribution < -0.4 is 10.2 Å². The molecule has 2 aromatic carbocycles.